The summed E-state index contributed by atoms with van der Waals surface area (Å²) in [5.41, 5.74) is 2.13. The number of esters is 1. The number of nitrogens with zero attached hydrogens (tertiary/aromatic N) is 2. The molecule has 0 saturated heterocycles. The number of Topliss-reactive ketones (excluding diaryl/α,β-unsaturated/α-hetero) is 1. The molecule has 1 amide bonds. The predicted molar refractivity (Wildman–Crippen MR) is 107 cm³/mol. The van der Waals surface area contributed by atoms with Crippen LogP contribution in [-0.4, -0.2) is 35.0 Å². The quantitative estimate of drug-likeness (QED) is 0.490. The number of rotatable bonds is 6. The van der Waals surface area contributed by atoms with Crippen molar-refractivity contribution in [2.75, 3.05) is 17.7 Å². The number of benzene rings is 2. The molecule has 8 heteroatoms. The normalized spacial score (nSPS) is 10.1. The summed E-state index contributed by atoms with van der Waals surface area (Å²) in [6.07, 6.45) is 0. The minimum atomic E-state index is -0.447. The Hall–Kier alpha value is -4.07. The second-order valence-electron chi connectivity index (χ2n) is 6.09. The minimum Gasteiger partial charge on any atom is -0.465 e. The lowest BCUT2D eigenvalue weighted by atomic mass is 10.1. The van der Waals surface area contributed by atoms with Crippen molar-refractivity contribution in [3.8, 4) is 0 Å². The molecule has 29 heavy (non-hydrogen) atoms. The standard InChI is InChI=1S/C21H18N4O4/c1-13(26)14-5-3-8-17(11-14)23-20(27)18-9-10-19(25-24-18)22-16-7-4-6-15(12-16)21(28)29-2/h3-12H,1-2H3,(H,22,25)(H,23,27). The number of carbonyl (C=O) groups excluding carboxylic acids is 3. The van der Waals surface area contributed by atoms with Crippen LogP contribution >= 0.6 is 0 Å². The third-order valence-corrected chi connectivity index (χ3v) is 3.98. The first kappa shape index (κ1) is 19.7. The average Bonchev–Trinajstić information content (AvgIpc) is 2.74. The van der Waals surface area contributed by atoms with E-state index in [0.29, 0.717) is 28.3 Å². The van der Waals surface area contributed by atoms with Crippen LogP contribution in [0.25, 0.3) is 0 Å². The van der Waals surface area contributed by atoms with Crippen LogP contribution in [0.15, 0.2) is 60.7 Å². The summed E-state index contributed by atoms with van der Waals surface area (Å²) in [6, 6.07) is 16.5. The number of nitrogens with one attached hydrogen (secondary N) is 2. The first-order valence-corrected chi connectivity index (χ1v) is 8.68. The summed E-state index contributed by atoms with van der Waals surface area (Å²) in [5, 5.41) is 13.6. The third kappa shape index (κ3) is 5.01. The third-order valence-electron chi connectivity index (χ3n) is 3.98. The Morgan fingerprint density at radius 3 is 2.21 bits per heavy atom. The van der Waals surface area contributed by atoms with Crippen molar-refractivity contribution < 1.29 is 19.1 Å². The van der Waals surface area contributed by atoms with E-state index in [0.717, 1.165) is 0 Å². The number of ether oxygens (including phenoxy) is 1. The van der Waals surface area contributed by atoms with Gasteiger partial charge in [0.05, 0.1) is 12.7 Å². The molecule has 1 heterocycles. The van der Waals surface area contributed by atoms with Gasteiger partial charge in [-0.15, -0.1) is 10.2 Å². The van der Waals surface area contributed by atoms with Crippen molar-refractivity contribution >= 4 is 34.9 Å². The lowest BCUT2D eigenvalue weighted by molar-refractivity contribution is 0.0600. The van der Waals surface area contributed by atoms with Gasteiger partial charge in [0, 0.05) is 16.9 Å². The van der Waals surface area contributed by atoms with E-state index in [9.17, 15) is 14.4 Å². The van der Waals surface area contributed by atoms with Crippen molar-refractivity contribution in [3.05, 3.63) is 77.5 Å². The van der Waals surface area contributed by atoms with Gasteiger partial charge >= 0.3 is 5.97 Å². The van der Waals surface area contributed by atoms with Gasteiger partial charge in [0.15, 0.2) is 17.3 Å². The highest BCUT2D eigenvalue weighted by molar-refractivity contribution is 6.03. The Kier molecular flexibility index (Phi) is 5.94. The fraction of sp³-hybridized carbons (Fsp3) is 0.0952. The molecule has 0 bridgehead atoms. The van der Waals surface area contributed by atoms with Gasteiger partial charge in [0.2, 0.25) is 0 Å². The average molecular weight is 390 g/mol. The molecule has 2 N–H and O–H groups in total. The molecule has 0 atom stereocenters. The first-order chi connectivity index (χ1) is 14.0. The first-order valence-electron chi connectivity index (χ1n) is 8.68. The molecule has 8 nitrogen and oxygen atoms in total. The molecule has 0 aliphatic rings. The van der Waals surface area contributed by atoms with Crippen LogP contribution in [-0.2, 0) is 4.74 Å². The van der Waals surface area contributed by atoms with Gasteiger partial charge in [0.25, 0.3) is 5.91 Å². The van der Waals surface area contributed by atoms with E-state index in [1.807, 2.05) is 0 Å². The number of ketones is 1. The summed E-state index contributed by atoms with van der Waals surface area (Å²) in [6.45, 7) is 1.46. The smallest absolute Gasteiger partial charge is 0.337 e. The minimum absolute atomic E-state index is 0.0902. The van der Waals surface area contributed by atoms with Gasteiger partial charge in [-0.3, -0.25) is 9.59 Å². The SMILES string of the molecule is COC(=O)c1cccc(Nc2ccc(C(=O)Nc3cccc(C(C)=O)c3)nn2)c1. The molecular weight excluding hydrogens is 372 g/mol. The Balaban J connectivity index is 1.68. The van der Waals surface area contributed by atoms with Crippen LogP contribution in [0, 0.1) is 0 Å². The summed E-state index contributed by atoms with van der Waals surface area (Å²) in [4.78, 5) is 35.4. The van der Waals surface area contributed by atoms with Gasteiger partial charge in [-0.2, -0.15) is 0 Å². The number of anilines is 3. The van der Waals surface area contributed by atoms with Crippen LogP contribution in [0.1, 0.15) is 38.1 Å². The Labute approximate surface area is 166 Å². The zero-order valence-corrected chi connectivity index (χ0v) is 15.8. The summed E-state index contributed by atoms with van der Waals surface area (Å²) < 4.78 is 4.69. The van der Waals surface area contributed by atoms with Gasteiger partial charge in [-0.1, -0.05) is 18.2 Å². The number of hydrogen-bond acceptors (Lipinski definition) is 7. The van der Waals surface area contributed by atoms with Gasteiger partial charge < -0.3 is 15.4 Å². The van der Waals surface area contributed by atoms with Crippen LogP contribution in [0.4, 0.5) is 17.2 Å². The molecular formula is C21H18N4O4. The highest BCUT2D eigenvalue weighted by Gasteiger charge is 2.11. The molecule has 2 aromatic carbocycles. The zero-order valence-electron chi connectivity index (χ0n) is 15.8. The van der Waals surface area contributed by atoms with Crippen molar-refractivity contribution in [2.24, 2.45) is 0 Å². The molecule has 0 spiro atoms. The number of carbonyl (C=O) groups is 3. The topological polar surface area (TPSA) is 110 Å². The monoisotopic (exact) mass is 390 g/mol. The fourth-order valence-corrected chi connectivity index (χ4v) is 2.52. The van der Waals surface area contributed by atoms with E-state index in [4.69, 9.17) is 4.74 Å². The highest BCUT2D eigenvalue weighted by Crippen LogP contribution is 2.17. The molecule has 0 aliphatic carbocycles. The molecule has 0 aliphatic heterocycles. The Morgan fingerprint density at radius 1 is 0.862 bits per heavy atom. The molecule has 3 aromatic rings. The zero-order chi connectivity index (χ0) is 20.8. The molecule has 0 radical (unpaired) electrons. The van der Waals surface area contributed by atoms with E-state index in [2.05, 4.69) is 20.8 Å². The van der Waals surface area contributed by atoms with E-state index in [-0.39, 0.29) is 11.5 Å². The lowest BCUT2D eigenvalue weighted by Gasteiger charge is -2.08. The predicted octanol–water partition coefficient (Wildman–Crippen LogP) is 3.46. The van der Waals surface area contributed by atoms with Crippen LogP contribution in [0.5, 0.6) is 0 Å². The Bertz CT molecular complexity index is 1060. The molecule has 0 saturated carbocycles. The summed E-state index contributed by atoms with van der Waals surface area (Å²) in [5.74, 6) is -0.576. The van der Waals surface area contributed by atoms with Gasteiger partial charge in [0.1, 0.15) is 0 Å². The van der Waals surface area contributed by atoms with Crippen molar-refractivity contribution in [1.82, 2.24) is 10.2 Å². The van der Waals surface area contributed by atoms with E-state index in [1.165, 1.54) is 20.1 Å². The molecule has 1 aromatic heterocycles. The molecule has 146 valence electrons. The summed E-state index contributed by atoms with van der Waals surface area (Å²) >= 11 is 0. The highest BCUT2D eigenvalue weighted by atomic mass is 16.5. The van der Waals surface area contributed by atoms with Gasteiger partial charge in [-0.05, 0) is 49.4 Å². The summed E-state index contributed by atoms with van der Waals surface area (Å²) in [7, 11) is 1.31. The Morgan fingerprint density at radius 2 is 1.55 bits per heavy atom. The molecule has 0 unspecified atom stereocenters. The number of hydrogen-bond donors (Lipinski definition) is 2. The lowest BCUT2D eigenvalue weighted by Crippen LogP contribution is -2.15. The maximum atomic E-state index is 12.3. The number of methoxy groups -OCH3 is 1. The van der Waals surface area contributed by atoms with Crippen LogP contribution in [0.2, 0.25) is 0 Å². The number of aromatic nitrogens is 2. The van der Waals surface area contributed by atoms with Crippen LogP contribution in [0.3, 0.4) is 0 Å². The van der Waals surface area contributed by atoms with E-state index >= 15 is 0 Å². The number of amides is 1. The van der Waals surface area contributed by atoms with Crippen molar-refractivity contribution in [1.29, 1.82) is 0 Å². The maximum Gasteiger partial charge on any atom is 0.337 e. The molecule has 3 rings (SSSR count). The fourth-order valence-electron chi connectivity index (χ4n) is 2.52. The maximum absolute atomic E-state index is 12.3. The second kappa shape index (κ2) is 8.75. The van der Waals surface area contributed by atoms with Gasteiger partial charge in [-0.25, -0.2) is 4.79 Å². The van der Waals surface area contributed by atoms with Crippen LogP contribution < -0.4 is 10.6 Å². The van der Waals surface area contributed by atoms with Crippen molar-refractivity contribution in [2.45, 2.75) is 6.92 Å². The van der Waals surface area contributed by atoms with Crippen molar-refractivity contribution in [3.63, 3.8) is 0 Å². The molecule has 0 fully saturated rings. The van der Waals surface area contributed by atoms with E-state index in [1.54, 1.807) is 54.6 Å². The second-order valence-corrected chi connectivity index (χ2v) is 6.09. The largest absolute Gasteiger partial charge is 0.465 e. The van der Waals surface area contributed by atoms with E-state index < -0.39 is 11.9 Å².